The molecule has 0 radical (unpaired) electrons. The van der Waals surface area contributed by atoms with Gasteiger partial charge < -0.3 is 14.6 Å². The normalized spacial score (nSPS) is 23.8. The number of esters is 1. The SMILES string of the molecule is CC(=O)[O-].CCCCCCCCC[C@@H]1C[C@@H]2CC[C@H]3C(C(=O)OC(C)(C)C)=C(C)NC(=[N+]23)N1. The maximum absolute atomic E-state index is 12.8. The van der Waals surface area contributed by atoms with Gasteiger partial charge >= 0.3 is 11.9 Å². The van der Waals surface area contributed by atoms with E-state index in [9.17, 15) is 4.79 Å². The van der Waals surface area contributed by atoms with Crippen LogP contribution in [0.2, 0.25) is 0 Å². The molecule has 3 rings (SSSR count). The van der Waals surface area contributed by atoms with E-state index in [1.54, 1.807) is 0 Å². The Hall–Kier alpha value is -2.05. The van der Waals surface area contributed by atoms with Gasteiger partial charge in [0.15, 0.2) is 0 Å². The Labute approximate surface area is 200 Å². The summed E-state index contributed by atoms with van der Waals surface area (Å²) >= 11 is 0. The number of ether oxygens (including phenoxy) is 1. The van der Waals surface area contributed by atoms with Crippen molar-refractivity contribution in [2.24, 2.45) is 0 Å². The van der Waals surface area contributed by atoms with Gasteiger partial charge in [-0.25, -0.2) is 10.1 Å². The predicted octanol–water partition coefficient (Wildman–Crippen LogP) is 3.36. The number of guanidine groups is 1. The summed E-state index contributed by atoms with van der Waals surface area (Å²) < 4.78 is 8.13. The van der Waals surface area contributed by atoms with Gasteiger partial charge in [-0.2, -0.15) is 0 Å². The number of hydrogen-bond donors (Lipinski definition) is 2. The molecule has 0 aliphatic carbocycles. The summed E-state index contributed by atoms with van der Waals surface area (Å²) in [5, 5.41) is 16.1. The lowest BCUT2D eigenvalue weighted by Crippen LogP contribution is -2.59. The minimum absolute atomic E-state index is 0.151. The number of rotatable bonds is 9. The first kappa shape index (κ1) is 27.2. The van der Waals surface area contributed by atoms with Gasteiger partial charge in [-0.15, -0.1) is 0 Å². The number of carboxylic acid groups (broad SMARTS) is 1. The minimum Gasteiger partial charge on any atom is -0.550 e. The molecular weight excluding hydrogens is 418 g/mol. The topological polar surface area (TPSA) is 93.5 Å². The number of carboxylic acids is 1. The fourth-order valence-electron chi connectivity index (χ4n) is 5.15. The second-order valence-electron chi connectivity index (χ2n) is 10.6. The van der Waals surface area contributed by atoms with Crippen molar-refractivity contribution in [1.82, 2.24) is 10.6 Å². The van der Waals surface area contributed by atoms with Gasteiger partial charge in [0.2, 0.25) is 0 Å². The highest BCUT2D eigenvalue weighted by Crippen LogP contribution is 2.34. The van der Waals surface area contributed by atoms with Crippen LogP contribution in [0.4, 0.5) is 0 Å². The van der Waals surface area contributed by atoms with E-state index >= 15 is 0 Å². The smallest absolute Gasteiger partial charge is 0.351 e. The van der Waals surface area contributed by atoms with Crippen molar-refractivity contribution in [2.45, 2.75) is 136 Å². The highest BCUT2D eigenvalue weighted by atomic mass is 16.6. The van der Waals surface area contributed by atoms with Crippen LogP contribution >= 0.6 is 0 Å². The van der Waals surface area contributed by atoms with E-state index in [0.29, 0.717) is 12.1 Å². The van der Waals surface area contributed by atoms with Crippen molar-refractivity contribution in [3.63, 3.8) is 0 Å². The van der Waals surface area contributed by atoms with Crippen LogP contribution in [0.3, 0.4) is 0 Å². The van der Waals surface area contributed by atoms with Gasteiger partial charge in [0.25, 0.3) is 0 Å². The quantitative estimate of drug-likeness (QED) is 0.309. The van der Waals surface area contributed by atoms with Crippen LogP contribution in [0.5, 0.6) is 0 Å². The van der Waals surface area contributed by atoms with Crippen molar-refractivity contribution in [1.29, 1.82) is 0 Å². The summed E-state index contributed by atoms with van der Waals surface area (Å²) in [4.78, 5) is 21.7. The lowest BCUT2D eigenvalue weighted by molar-refractivity contribution is -0.580. The molecule has 33 heavy (non-hydrogen) atoms. The van der Waals surface area contributed by atoms with Crippen molar-refractivity contribution >= 4 is 17.9 Å². The molecule has 3 aliphatic rings. The molecule has 3 aliphatic heterocycles. The number of allylic oxidation sites excluding steroid dienone is 1. The Morgan fingerprint density at radius 2 is 1.70 bits per heavy atom. The zero-order chi connectivity index (χ0) is 24.6. The molecule has 7 nitrogen and oxygen atoms in total. The number of hydrogen-bond acceptors (Lipinski definition) is 6. The van der Waals surface area contributed by atoms with Crippen molar-refractivity contribution in [3.8, 4) is 0 Å². The molecule has 0 unspecified atom stereocenters. The maximum atomic E-state index is 12.8. The second-order valence-corrected chi connectivity index (χ2v) is 10.6. The van der Waals surface area contributed by atoms with E-state index in [0.717, 1.165) is 37.0 Å². The Morgan fingerprint density at radius 1 is 1.09 bits per heavy atom. The summed E-state index contributed by atoms with van der Waals surface area (Å²) in [5.74, 6) is -0.140. The third-order valence-electron chi connectivity index (χ3n) is 6.48. The first-order valence-corrected chi connectivity index (χ1v) is 12.8. The molecule has 1 saturated heterocycles. The number of carbonyl (C=O) groups excluding carboxylic acids is 2. The van der Waals surface area contributed by atoms with Crippen LogP contribution in [0.25, 0.3) is 0 Å². The van der Waals surface area contributed by atoms with E-state index < -0.39 is 11.6 Å². The first-order chi connectivity index (χ1) is 15.5. The molecule has 1 fully saturated rings. The molecule has 0 aromatic rings. The summed E-state index contributed by atoms with van der Waals surface area (Å²) in [6.45, 7) is 11.1. The molecule has 0 aromatic heterocycles. The number of nitrogens with zero attached hydrogens (tertiary/aromatic N) is 1. The molecule has 0 bridgehead atoms. The third kappa shape index (κ3) is 8.35. The zero-order valence-electron chi connectivity index (χ0n) is 21.6. The van der Waals surface area contributed by atoms with Gasteiger partial charge in [-0.3, -0.25) is 9.89 Å². The van der Waals surface area contributed by atoms with E-state index in [1.165, 1.54) is 57.8 Å². The fraction of sp³-hybridized carbons (Fsp3) is 0.808. The maximum Gasteiger partial charge on any atom is 0.351 e. The van der Waals surface area contributed by atoms with E-state index in [4.69, 9.17) is 14.6 Å². The molecule has 0 spiro atoms. The predicted molar refractivity (Wildman–Crippen MR) is 129 cm³/mol. The monoisotopic (exact) mass is 463 g/mol. The van der Waals surface area contributed by atoms with Crippen LogP contribution in [0, 0.1) is 0 Å². The highest BCUT2D eigenvalue weighted by molar-refractivity contribution is 5.93. The minimum atomic E-state index is -1.08. The molecule has 3 atom stereocenters. The highest BCUT2D eigenvalue weighted by Gasteiger charge is 2.48. The Kier molecular flexibility index (Phi) is 10.2. The molecule has 0 saturated carbocycles. The summed E-state index contributed by atoms with van der Waals surface area (Å²) in [6.07, 6.45) is 14.1. The fourth-order valence-corrected chi connectivity index (χ4v) is 5.15. The summed E-state index contributed by atoms with van der Waals surface area (Å²) in [7, 11) is 0. The standard InChI is InChI=1S/C24H41N3O2.C2H4O2/c1-6-7-8-9-10-11-12-13-18-16-19-14-15-20-21(22(28)29-24(3,4)5)17(2)25-23(26-18)27(19)20;1-2(3)4/h18-20H,6-16H2,1-5H3,(H,25,26,28);1H3,(H,3,4)/t18-,19+,20+;/m1./s1. The van der Waals surface area contributed by atoms with Gasteiger partial charge in [-0.05, 0) is 53.9 Å². The van der Waals surface area contributed by atoms with Crippen LogP contribution in [-0.4, -0.2) is 46.2 Å². The van der Waals surface area contributed by atoms with E-state index in [2.05, 4.69) is 22.1 Å². The average Bonchev–Trinajstić information content (AvgIpc) is 3.10. The number of nitrogens with one attached hydrogen (secondary N) is 2. The molecular formula is C26H45N3O4. The third-order valence-corrected chi connectivity index (χ3v) is 6.48. The van der Waals surface area contributed by atoms with Crippen LogP contribution in [0.15, 0.2) is 11.3 Å². The number of aliphatic carboxylic acids is 1. The Balaban J connectivity index is 0.000000890. The van der Waals surface area contributed by atoms with Gasteiger partial charge in [0, 0.05) is 12.4 Å². The van der Waals surface area contributed by atoms with Crippen molar-refractivity contribution in [3.05, 3.63) is 11.3 Å². The Bertz CT molecular complexity index is 747. The Morgan fingerprint density at radius 3 is 2.30 bits per heavy atom. The van der Waals surface area contributed by atoms with Crippen molar-refractivity contribution in [2.75, 3.05) is 0 Å². The number of unbranched alkanes of at least 4 members (excludes halogenated alkanes) is 6. The second kappa shape index (κ2) is 12.4. The van der Waals surface area contributed by atoms with Crippen LogP contribution in [0.1, 0.15) is 112 Å². The van der Waals surface area contributed by atoms with Crippen LogP contribution in [-0.2, 0) is 14.3 Å². The molecule has 0 amide bonds. The summed E-state index contributed by atoms with van der Waals surface area (Å²) in [5.41, 5.74) is 1.30. The lowest BCUT2D eigenvalue weighted by Gasteiger charge is -2.34. The first-order valence-electron chi connectivity index (χ1n) is 12.8. The van der Waals surface area contributed by atoms with Gasteiger partial charge in [0.05, 0.1) is 17.8 Å². The summed E-state index contributed by atoms with van der Waals surface area (Å²) in [6, 6.07) is 1.23. The molecule has 7 heteroatoms. The van der Waals surface area contributed by atoms with Gasteiger partial charge in [0.1, 0.15) is 17.2 Å². The molecule has 3 heterocycles. The average molecular weight is 464 g/mol. The number of carbonyl (C=O) groups is 2. The van der Waals surface area contributed by atoms with Crippen LogP contribution < -0.4 is 15.7 Å². The zero-order valence-corrected chi connectivity index (χ0v) is 21.6. The molecule has 2 N–H and O–H groups in total. The molecule has 0 aromatic carbocycles. The van der Waals surface area contributed by atoms with Crippen molar-refractivity contribution < 1.29 is 24.0 Å². The van der Waals surface area contributed by atoms with E-state index in [1.807, 2.05) is 27.7 Å². The van der Waals surface area contributed by atoms with Gasteiger partial charge in [-0.1, -0.05) is 51.9 Å². The largest absolute Gasteiger partial charge is 0.550 e. The molecule has 188 valence electrons. The van der Waals surface area contributed by atoms with E-state index in [-0.39, 0.29) is 12.0 Å². The lowest BCUT2D eigenvalue weighted by atomic mass is 9.97.